The Balaban J connectivity index is 4.37. The van der Waals surface area contributed by atoms with Crippen LogP contribution < -0.4 is 5.73 Å². The van der Waals surface area contributed by atoms with Crippen molar-refractivity contribution < 1.29 is 9.90 Å². The molecule has 0 aromatic heterocycles. The zero-order valence-electron chi connectivity index (χ0n) is 8.79. The van der Waals surface area contributed by atoms with Crippen LogP contribution in [-0.2, 0) is 4.79 Å². The van der Waals surface area contributed by atoms with E-state index in [1.165, 1.54) is 0 Å². The smallest absolute Gasteiger partial charge is 0.320 e. The van der Waals surface area contributed by atoms with Crippen molar-refractivity contribution in [3.8, 4) is 0 Å². The van der Waals surface area contributed by atoms with Gasteiger partial charge in [-0.15, -0.1) is 0 Å². The molecule has 0 spiro atoms. The van der Waals surface area contributed by atoms with Crippen molar-refractivity contribution in [1.29, 1.82) is 0 Å². The SMILES string of the molecule is CCC(CC)C(CC)[C@H](N)C(=O)O. The first-order chi connectivity index (χ1) is 6.08. The molecule has 0 saturated carbocycles. The van der Waals surface area contributed by atoms with Crippen molar-refractivity contribution in [2.24, 2.45) is 17.6 Å². The Labute approximate surface area is 80.3 Å². The van der Waals surface area contributed by atoms with Gasteiger partial charge in [0, 0.05) is 0 Å². The van der Waals surface area contributed by atoms with Gasteiger partial charge in [-0.2, -0.15) is 0 Å². The minimum Gasteiger partial charge on any atom is -0.480 e. The number of nitrogens with two attached hydrogens (primary N) is 1. The summed E-state index contributed by atoms with van der Waals surface area (Å²) in [6.07, 6.45) is 2.87. The van der Waals surface area contributed by atoms with Crippen molar-refractivity contribution in [1.82, 2.24) is 0 Å². The molecule has 0 rings (SSSR count). The van der Waals surface area contributed by atoms with Crippen molar-refractivity contribution in [3.63, 3.8) is 0 Å². The monoisotopic (exact) mass is 187 g/mol. The van der Waals surface area contributed by atoms with Gasteiger partial charge in [-0.05, 0) is 11.8 Å². The summed E-state index contributed by atoms with van der Waals surface area (Å²) in [6.45, 7) is 6.18. The highest BCUT2D eigenvalue weighted by Gasteiger charge is 2.27. The first-order valence-electron chi connectivity index (χ1n) is 5.06. The minimum absolute atomic E-state index is 0.118. The molecule has 0 radical (unpaired) electrons. The predicted molar refractivity (Wildman–Crippen MR) is 53.5 cm³/mol. The van der Waals surface area contributed by atoms with Crippen LogP contribution in [0.15, 0.2) is 0 Å². The topological polar surface area (TPSA) is 63.3 Å². The summed E-state index contributed by atoms with van der Waals surface area (Å²) in [6, 6.07) is -0.699. The number of aliphatic carboxylic acids is 1. The summed E-state index contributed by atoms with van der Waals surface area (Å²) in [4.78, 5) is 10.7. The molecule has 0 aromatic carbocycles. The van der Waals surface area contributed by atoms with Gasteiger partial charge in [-0.1, -0.05) is 40.0 Å². The van der Waals surface area contributed by atoms with Crippen LogP contribution in [0.25, 0.3) is 0 Å². The third-order valence-electron chi connectivity index (χ3n) is 2.87. The van der Waals surface area contributed by atoms with Gasteiger partial charge >= 0.3 is 5.97 Å². The average molecular weight is 187 g/mol. The maximum absolute atomic E-state index is 10.7. The van der Waals surface area contributed by atoms with Crippen molar-refractivity contribution in [3.05, 3.63) is 0 Å². The molecule has 0 fully saturated rings. The summed E-state index contributed by atoms with van der Waals surface area (Å²) >= 11 is 0. The molecule has 0 aromatic rings. The number of hydrogen-bond acceptors (Lipinski definition) is 2. The van der Waals surface area contributed by atoms with Gasteiger partial charge in [0.05, 0.1) is 0 Å². The van der Waals surface area contributed by atoms with E-state index in [0.717, 1.165) is 19.3 Å². The highest BCUT2D eigenvalue weighted by atomic mass is 16.4. The quantitative estimate of drug-likeness (QED) is 0.667. The fourth-order valence-corrected chi connectivity index (χ4v) is 1.96. The normalized spacial score (nSPS) is 15.8. The zero-order chi connectivity index (χ0) is 10.4. The molecule has 1 unspecified atom stereocenters. The molecule has 0 heterocycles. The van der Waals surface area contributed by atoms with Crippen molar-refractivity contribution in [2.75, 3.05) is 0 Å². The first kappa shape index (κ1) is 12.4. The van der Waals surface area contributed by atoms with Crippen LogP contribution in [0.1, 0.15) is 40.0 Å². The Morgan fingerprint density at radius 1 is 1.23 bits per heavy atom. The lowest BCUT2D eigenvalue weighted by Crippen LogP contribution is -2.41. The van der Waals surface area contributed by atoms with Crippen LogP contribution in [-0.4, -0.2) is 17.1 Å². The lowest BCUT2D eigenvalue weighted by molar-refractivity contribution is -0.140. The summed E-state index contributed by atoms with van der Waals surface area (Å²) in [5, 5.41) is 8.80. The highest BCUT2D eigenvalue weighted by Crippen LogP contribution is 2.24. The highest BCUT2D eigenvalue weighted by molar-refractivity contribution is 5.73. The second kappa shape index (κ2) is 5.97. The van der Waals surface area contributed by atoms with Crippen LogP contribution in [0, 0.1) is 11.8 Å². The standard InChI is InChI=1S/C10H21NO2/c1-4-7(5-2)8(6-3)9(11)10(12)13/h7-9H,4-6,11H2,1-3H3,(H,12,13)/t8?,9-/m0/s1. The fraction of sp³-hybridized carbons (Fsp3) is 0.900. The molecular weight excluding hydrogens is 166 g/mol. The second-order valence-corrected chi connectivity index (χ2v) is 3.51. The molecule has 0 aliphatic carbocycles. The molecule has 2 atom stereocenters. The van der Waals surface area contributed by atoms with E-state index < -0.39 is 12.0 Å². The van der Waals surface area contributed by atoms with Crippen LogP contribution in [0.4, 0.5) is 0 Å². The van der Waals surface area contributed by atoms with Crippen LogP contribution in [0.3, 0.4) is 0 Å². The van der Waals surface area contributed by atoms with Crippen molar-refractivity contribution >= 4 is 5.97 Å². The van der Waals surface area contributed by atoms with Crippen LogP contribution in [0.2, 0.25) is 0 Å². The molecular formula is C10H21NO2. The Hall–Kier alpha value is -0.570. The average Bonchev–Trinajstić information content (AvgIpc) is 2.12. The first-order valence-corrected chi connectivity index (χ1v) is 5.06. The molecule has 0 aliphatic rings. The molecule has 13 heavy (non-hydrogen) atoms. The van der Waals surface area contributed by atoms with Gasteiger partial charge in [-0.25, -0.2) is 0 Å². The molecule has 0 aliphatic heterocycles. The van der Waals surface area contributed by atoms with Crippen LogP contribution in [0.5, 0.6) is 0 Å². The Bertz CT molecular complexity index is 155. The van der Waals surface area contributed by atoms with E-state index in [9.17, 15) is 4.79 Å². The van der Waals surface area contributed by atoms with E-state index in [2.05, 4.69) is 13.8 Å². The molecule has 3 nitrogen and oxygen atoms in total. The zero-order valence-corrected chi connectivity index (χ0v) is 8.79. The Morgan fingerprint density at radius 3 is 1.92 bits per heavy atom. The lowest BCUT2D eigenvalue weighted by atomic mass is 9.81. The second-order valence-electron chi connectivity index (χ2n) is 3.51. The van der Waals surface area contributed by atoms with E-state index in [4.69, 9.17) is 10.8 Å². The largest absolute Gasteiger partial charge is 0.480 e. The number of carbonyl (C=O) groups is 1. The molecule has 3 N–H and O–H groups in total. The van der Waals surface area contributed by atoms with E-state index >= 15 is 0 Å². The van der Waals surface area contributed by atoms with Gasteiger partial charge in [-0.3, -0.25) is 4.79 Å². The summed E-state index contributed by atoms with van der Waals surface area (Å²) in [5.41, 5.74) is 5.62. The van der Waals surface area contributed by atoms with E-state index in [1.807, 2.05) is 6.92 Å². The maximum atomic E-state index is 10.7. The number of hydrogen-bond donors (Lipinski definition) is 2. The van der Waals surface area contributed by atoms with Gasteiger partial charge in [0.2, 0.25) is 0 Å². The number of carboxylic acid groups (broad SMARTS) is 1. The molecule has 78 valence electrons. The van der Waals surface area contributed by atoms with Gasteiger partial charge in [0.25, 0.3) is 0 Å². The summed E-state index contributed by atoms with van der Waals surface area (Å²) in [7, 11) is 0. The molecule has 0 amide bonds. The van der Waals surface area contributed by atoms with Gasteiger partial charge in [0.15, 0.2) is 0 Å². The maximum Gasteiger partial charge on any atom is 0.320 e. The number of carboxylic acids is 1. The molecule has 0 bridgehead atoms. The molecule has 3 heteroatoms. The predicted octanol–water partition coefficient (Wildman–Crippen LogP) is 1.86. The van der Waals surface area contributed by atoms with E-state index in [0.29, 0.717) is 5.92 Å². The van der Waals surface area contributed by atoms with E-state index in [1.54, 1.807) is 0 Å². The van der Waals surface area contributed by atoms with Crippen LogP contribution >= 0.6 is 0 Å². The Kier molecular flexibility index (Phi) is 5.71. The minimum atomic E-state index is -0.876. The van der Waals surface area contributed by atoms with Gasteiger partial charge < -0.3 is 10.8 Å². The van der Waals surface area contributed by atoms with Crippen molar-refractivity contribution in [2.45, 2.75) is 46.1 Å². The third-order valence-corrected chi connectivity index (χ3v) is 2.87. The fourth-order valence-electron chi connectivity index (χ4n) is 1.96. The summed E-state index contributed by atoms with van der Waals surface area (Å²) < 4.78 is 0. The lowest BCUT2D eigenvalue weighted by Gasteiger charge is -2.27. The Morgan fingerprint density at radius 2 is 1.69 bits per heavy atom. The van der Waals surface area contributed by atoms with Gasteiger partial charge in [0.1, 0.15) is 6.04 Å². The van der Waals surface area contributed by atoms with E-state index in [-0.39, 0.29) is 5.92 Å². The summed E-state index contributed by atoms with van der Waals surface area (Å²) in [5.74, 6) is -0.317. The number of rotatable bonds is 6. The third kappa shape index (κ3) is 3.35. The molecule has 0 saturated heterocycles.